The first-order valence-electron chi connectivity index (χ1n) is 4.92. The minimum Gasteiger partial charge on any atom is -0.369 e. The van der Waals surface area contributed by atoms with E-state index in [2.05, 4.69) is 19.2 Å². The van der Waals surface area contributed by atoms with Gasteiger partial charge in [0.05, 0.1) is 0 Å². The van der Waals surface area contributed by atoms with Crippen molar-refractivity contribution in [2.45, 2.75) is 39.7 Å². The highest BCUT2D eigenvalue weighted by Gasteiger charge is 2.38. The summed E-state index contributed by atoms with van der Waals surface area (Å²) < 4.78 is 0. The number of hydrogen-bond acceptors (Lipinski definition) is 1. The van der Waals surface area contributed by atoms with Crippen LogP contribution in [0, 0.1) is 11.3 Å². The second-order valence-corrected chi connectivity index (χ2v) is 4.60. The number of piperidine rings is 1. The summed E-state index contributed by atoms with van der Waals surface area (Å²) in [7, 11) is 0. The lowest BCUT2D eigenvalue weighted by atomic mass is 9.75. The lowest BCUT2D eigenvalue weighted by Crippen LogP contribution is -2.47. The summed E-state index contributed by atoms with van der Waals surface area (Å²) in [6.45, 7) is 7.02. The SMILES string of the molecule is CC(C)C1CC(C)(C(N)=O)CC[N]1. The number of hydrogen-bond donors (Lipinski definition) is 1. The molecule has 0 aliphatic carbocycles. The maximum absolute atomic E-state index is 11.2. The van der Waals surface area contributed by atoms with E-state index < -0.39 is 0 Å². The Bertz CT molecular complexity index is 203. The van der Waals surface area contributed by atoms with Crippen molar-refractivity contribution < 1.29 is 4.79 Å². The van der Waals surface area contributed by atoms with Gasteiger partial charge >= 0.3 is 0 Å². The number of nitrogens with two attached hydrogens (primary N) is 1. The minimum atomic E-state index is -0.323. The van der Waals surface area contributed by atoms with E-state index >= 15 is 0 Å². The monoisotopic (exact) mass is 183 g/mol. The number of nitrogens with zero attached hydrogens (tertiary/aromatic N) is 1. The molecule has 1 fully saturated rings. The third kappa shape index (κ3) is 2.21. The van der Waals surface area contributed by atoms with Gasteiger partial charge in [-0.2, -0.15) is 0 Å². The zero-order valence-corrected chi connectivity index (χ0v) is 8.71. The van der Waals surface area contributed by atoms with Crippen LogP contribution < -0.4 is 11.1 Å². The average molecular weight is 183 g/mol. The Morgan fingerprint density at radius 3 is 2.69 bits per heavy atom. The molecule has 0 aromatic rings. The van der Waals surface area contributed by atoms with Gasteiger partial charge in [-0.05, 0) is 18.8 Å². The molecule has 1 saturated heterocycles. The van der Waals surface area contributed by atoms with Crippen LogP contribution in [0.1, 0.15) is 33.6 Å². The molecule has 2 atom stereocenters. The van der Waals surface area contributed by atoms with E-state index in [0.29, 0.717) is 12.0 Å². The quantitative estimate of drug-likeness (QED) is 0.679. The molecule has 0 bridgehead atoms. The molecule has 1 radical (unpaired) electrons. The van der Waals surface area contributed by atoms with E-state index in [1.165, 1.54) is 0 Å². The van der Waals surface area contributed by atoms with Crippen LogP contribution in [0.15, 0.2) is 0 Å². The summed E-state index contributed by atoms with van der Waals surface area (Å²) in [6.07, 6.45) is 1.63. The van der Waals surface area contributed by atoms with Crippen molar-refractivity contribution in [3.05, 3.63) is 0 Å². The largest absolute Gasteiger partial charge is 0.369 e. The Kier molecular flexibility index (Phi) is 2.96. The van der Waals surface area contributed by atoms with Gasteiger partial charge in [-0.15, -0.1) is 0 Å². The summed E-state index contributed by atoms with van der Waals surface area (Å²) >= 11 is 0. The van der Waals surface area contributed by atoms with Gasteiger partial charge in [0.25, 0.3) is 0 Å². The lowest BCUT2D eigenvalue weighted by Gasteiger charge is -2.37. The molecule has 0 spiro atoms. The average Bonchev–Trinajstić information content (AvgIpc) is 2.04. The predicted octanol–water partition coefficient (Wildman–Crippen LogP) is 0.901. The minimum absolute atomic E-state index is 0.173. The molecule has 0 aromatic heterocycles. The van der Waals surface area contributed by atoms with Crippen LogP contribution in [-0.4, -0.2) is 18.5 Å². The first-order chi connectivity index (χ1) is 5.96. The zero-order valence-electron chi connectivity index (χ0n) is 8.71. The molecule has 1 heterocycles. The summed E-state index contributed by atoms with van der Waals surface area (Å²) in [6, 6.07) is 0.311. The molecule has 1 aliphatic rings. The molecule has 0 saturated carbocycles. The van der Waals surface area contributed by atoms with Gasteiger partial charge in [-0.1, -0.05) is 20.8 Å². The molecule has 0 aromatic carbocycles. The molecule has 1 aliphatic heterocycles. The molecule has 75 valence electrons. The molecule has 1 amide bonds. The molecule has 3 nitrogen and oxygen atoms in total. The van der Waals surface area contributed by atoms with Gasteiger partial charge in [-0.3, -0.25) is 4.79 Å². The van der Waals surface area contributed by atoms with Crippen molar-refractivity contribution in [3.8, 4) is 0 Å². The van der Waals surface area contributed by atoms with E-state index in [9.17, 15) is 4.79 Å². The molecule has 3 heteroatoms. The fourth-order valence-electron chi connectivity index (χ4n) is 1.78. The van der Waals surface area contributed by atoms with Crippen LogP contribution in [0.3, 0.4) is 0 Å². The van der Waals surface area contributed by atoms with Gasteiger partial charge in [0.15, 0.2) is 0 Å². The van der Waals surface area contributed by atoms with Crippen LogP contribution in [0.5, 0.6) is 0 Å². The summed E-state index contributed by atoms with van der Waals surface area (Å²) in [5, 5.41) is 4.50. The fraction of sp³-hybridized carbons (Fsp3) is 0.900. The predicted molar refractivity (Wildman–Crippen MR) is 52.2 cm³/mol. The molecule has 2 unspecified atom stereocenters. The second kappa shape index (κ2) is 3.66. The second-order valence-electron chi connectivity index (χ2n) is 4.60. The topological polar surface area (TPSA) is 57.2 Å². The first-order valence-corrected chi connectivity index (χ1v) is 4.92. The van der Waals surface area contributed by atoms with E-state index in [4.69, 9.17) is 5.73 Å². The van der Waals surface area contributed by atoms with Gasteiger partial charge in [0.1, 0.15) is 0 Å². The Balaban J connectivity index is 2.65. The summed E-state index contributed by atoms with van der Waals surface area (Å²) in [5.74, 6) is 0.340. The molecular formula is C10H19N2O. The van der Waals surface area contributed by atoms with Crippen molar-refractivity contribution in [2.75, 3.05) is 6.54 Å². The first kappa shape index (κ1) is 10.5. The van der Waals surface area contributed by atoms with Crippen LogP contribution in [0.2, 0.25) is 0 Å². The van der Waals surface area contributed by atoms with Gasteiger partial charge in [0.2, 0.25) is 5.91 Å². The van der Waals surface area contributed by atoms with Crippen molar-refractivity contribution in [1.82, 2.24) is 5.32 Å². The zero-order chi connectivity index (χ0) is 10.1. The summed E-state index contributed by atoms with van der Waals surface area (Å²) in [5.41, 5.74) is 5.06. The maximum atomic E-state index is 11.2. The van der Waals surface area contributed by atoms with Gasteiger partial charge < -0.3 is 5.73 Å². The van der Waals surface area contributed by atoms with Crippen molar-refractivity contribution >= 4 is 5.91 Å². The van der Waals surface area contributed by atoms with Crippen molar-refractivity contribution in [1.29, 1.82) is 0 Å². The van der Waals surface area contributed by atoms with E-state index in [0.717, 1.165) is 19.4 Å². The number of carbonyl (C=O) groups is 1. The maximum Gasteiger partial charge on any atom is 0.223 e. The third-order valence-corrected chi connectivity index (χ3v) is 3.05. The third-order valence-electron chi connectivity index (χ3n) is 3.05. The van der Waals surface area contributed by atoms with E-state index in [1.54, 1.807) is 0 Å². The van der Waals surface area contributed by atoms with Crippen molar-refractivity contribution in [2.24, 2.45) is 17.1 Å². The van der Waals surface area contributed by atoms with Gasteiger partial charge in [0, 0.05) is 18.0 Å². The van der Waals surface area contributed by atoms with Crippen LogP contribution >= 0.6 is 0 Å². The smallest absolute Gasteiger partial charge is 0.223 e. The van der Waals surface area contributed by atoms with Crippen molar-refractivity contribution in [3.63, 3.8) is 0 Å². The molecule has 2 N–H and O–H groups in total. The standard InChI is InChI=1S/C10H19N2O/c1-7(2)8-6-10(3,9(11)13)4-5-12-8/h7-8H,4-6H2,1-3H3,(H2,11,13). The Morgan fingerprint density at radius 2 is 2.23 bits per heavy atom. The molecular weight excluding hydrogens is 164 g/mol. The fourth-order valence-corrected chi connectivity index (χ4v) is 1.78. The number of primary amides is 1. The highest BCUT2D eigenvalue weighted by molar-refractivity contribution is 5.80. The number of amides is 1. The highest BCUT2D eigenvalue weighted by atomic mass is 16.1. The lowest BCUT2D eigenvalue weighted by molar-refractivity contribution is -0.129. The molecule has 1 rings (SSSR count). The van der Waals surface area contributed by atoms with E-state index in [1.807, 2.05) is 6.92 Å². The Morgan fingerprint density at radius 1 is 1.62 bits per heavy atom. The molecule has 13 heavy (non-hydrogen) atoms. The van der Waals surface area contributed by atoms with E-state index in [-0.39, 0.29) is 11.3 Å². The Labute approximate surface area is 80.1 Å². The normalized spacial score (nSPS) is 34.9. The Hall–Kier alpha value is -0.570. The number of rotatable bonds is 2. The summed E-state index contributed by atoms with van der Waals surface area (Å²) in [4.78, 5) is 11.2. The van der Waals surface area contributed by atoms with Gasteiger partial charge in [-0.25, -0.2) is 5.32 Å². The number of carbonyl (C=O) groups excluding carboxylic acids is 1. The van der Waals surface area contributed by atoms with Crippen LogP contribution in [0.25, 0.3) is 0 Å². The van der Waals surface area contributed by atoms with Crippen LogP contribution in [0.4, 0.5) is 0 Å². The van der Waals surface area contributed by atoms with Crippen LogP contribution in [-0.2, 0) is 4.79 Å². The highest BCUT2D eigenvalue weighted by Crippen LogP contribution is 2.33.